The lowest BCUT2D eigenvalue weighted by atomic mass is 10.1. The molecule has 1 N–H and O–H groups in total. The summed E-state index contributed by atoms with van der Waals surface area (Å²) >= 11 is 0. The van der Waals surface area contributed by atoms with Gasteiger partial charge in [-0.25, -0.2) is 8.42 Å². The Kier molecular flexibility index (Phi) is 3.70. The number of ether oxygens (including phenoxy) is 1. The van der Waals surface area contributed by atoms with Gasteiger partial charge in [-0.1, -0.05) is 0 Å². The molecule has 2 rings (SSSR count). The molecule has 0 aromatic heterocycles. The lowest BCUT2D eigenvalue weighted by Gasteiger charge is -2.39. The number of amides is 1. The summed E-state index contributed by atoms with van der Waals surface area (Å²) in [6.07, 6.45) is 0.919. The minimum atomic E-state index is -3.03. The molecule has 0 aliphatic carbocycles. The summed E-state index contributed by atoms with van der Waals surface area (Å²) in [6.45, 7) is 0.0700. The Morgan fingerprint density at radius 3 is 2.88 bits per heavy atom. The third kappa shape index (κ3) is 2.97. The predicted octanol–water partition coefficient (Wildman–Crippen LogP) is -1.22. The van der Waals surface area contributed by atoms with Gasteiger partial charge in [-0.2, -0.15) is 0 Å². The van der Waals surface area contributed by atoms with Crippen LogP contribution in [0.15, 0.2) is 0 Å². The minimum absolute atomic E-state index is 0.0386. The van der Waals surface area contributed by atoms with Crippen molar-refractivity contribution in [1.29, 1.82) is 0 Å². The predicted molar refractivity (Wildman–Crippen MR) is 60.2 cm³/mol. The van der Waals surface area contributed by atoms with E-state index in [-0.39, 0.29) is 43.2 Å². The number of hydrogen-bond donors (Lipinski definition) is 1. The van der Waals surface area contributed by atoms with Gasteiger partial charge >= 0.3 is 0 Å². The number of carbonyl (C=O) groups excluding carboxylic acids is 1. The van der Waals surface area contributed by atoms with Gasteiger partial charge in [-0.3, -0.25) is 4.79 Å². The molecule has 2 unspecified atom stereocenters. The van der Waals surface area contributed by atoms with Gasteiger partial charge in [0.25, 0.3) is 0 Å². The summed E-state index contributed by atoms with van der Waals surface area (Å²) in [6, 6.07) is -0.251. The Labute approximate surface area is 100 Å². The maximum Gasteiger partial charge on any atom is 0.248 e. The maximum atomic E-state index is 11.7. The van der Waals surface area contributed by atoms with Crippen LogP contribution in [0.2, 0.25) is 0 Å². The minimum Gasteiger partial charge on any atom is -0.394 e. The van der Waals surface area contributed by atoms with E-state index in [1.165, 1.54) is 0 Å². The maximum absolute atomic E-state index is 11.7. The van der Waals surface area contributed by atoms with E-state index < -0.39 is 15.9 Å². The molecule has 2 saturated heterocycles. The lowest BCUT2D eigenvalue weighted by Crippen LogP contribution is -2.55. The smallest absolute Gasteiger partial charge is 0.248 e. The Morgan fingerprint density at radius 1 is 1.47 bits per heavy atom. The van der Waals surface area contributed by atoms with E-state index in [0.29, 0.717) is 12.8 Å². The van der Waals surface area contributed by atoms with Crippen LogP contribution in [0.4, 0.5) is 0 Å². The summed E-state index contributed by atoms with van der Waals surface area (Å²) in [4.78, 5) is 13.2. The van der Waals surface area contributed by atoms with Crippen molar-refractivity contribution in [3.8, 4) is 0 Å². The second-order valence-corrected chi connectivity index (χ2v) is 6.80. The number of rotatable bonds is 2. The van der Waals surface area contributed by atoms with Gasteiger partial charge in [0, 0.05) is 12.6 Å². The van der Waals surface area contributed by atoms with Crippen LogP contribution in [0.1, 0.15) is 12.8 Å². The van der Waals surface area contributed by atoms with Crippen molar-refractivity contribution in [1.82, 2.24) is 4.90 Å². The Balaban J connectivity index is 2.07. The molecule has 0 aromatic rings. The topological polar surface area (TPSA) is 83.9 Å². The Morgan fingerprint density at radius 2 is 2.24 bits per heavy atom. The molecule has 2 heterocycles. The molecule has 7 heteroatoms. The van der Waals surface area contributed by atoms with Gasteiger partial charge in [-0.15, -0.1) is 0 Å². The molecule has 0 saturated carbocycles. The quantitative estimate of drug-likeness (QED) is 0.675. The normalized spacial score (nSPS) is 33.7. The highest BCUT2D eigenvalue weighted by atomic mass is 32.2. The van der Waals surface area contributed by atoms with Gasteiger partial charge < -0.3 is 14.7 Å². The average Bonchev–Trinajstić information content (AvgIpc) is 2.28. The molecule has 2 aliphatic heterocycles. The molecule has 0 aromatic carbocycles. The Hall–Kier alpha value is -0.660. The molecular weight excluding hydrogens is 246 g/mol. The first-order chi connectivity index (χ1) is 8.02. The molecule has 17 heavy (non-hydrogen) atoms. The molecule has 0 radical (unpaired) electrons. The number of hydrogen-bond acceptors (Lipinski definition) is 5. The molecule has 6 nitrogen and oxygen atoms in total. The number of nitrogens with zero attached hydrogens (tertiary/aromatic N) is 1. The van der Waals surface area contributed by atoms with Crippen LogP contribution in [0.3, 0.4) is 0 Å². The van der Waals surface area contributed by atoms with Crippen molar-refractivity contribution < 1.29 is 23.1 Å². The van der Waals surface area contributed by atoms with Crippen molar-refractivity contribution in [3.63, 3.8) is 0 Å². The fourth-order valence-electron chi connectivity index (χ4n) is 2.35. The monoisotopic (exact) mass is 263 g/mol. The lowest BCUT2D eigenvalue weighted by molar-refractivity contribution is -0.154. The van der Waals surface area contributed by atoms with E-state index in [1.807, 2.05) is 0 Å². The third-order valence-electron chi connectivity index (χ3n) is 3.25. The standard InChI is InChI=1S/C10H17NO5S/c12-5-9-4-11(10(13)6-16-9)8-2-1-3-17(14,15)7-8/h8-9,12H,1-7H2. The van der Waals surface area contributed by atoms with E-state index >= 15 is 0 Å². The molecule has 98 valence electrons. The Bertz CT molecular complexity index is 394. The molecule has 2 atom stereocenters. The van der Waals surface area contributed by atoms with Crippen LogP contribution in [0.25, 0.3) is 0 Å². The van der Waals surface area contributed by atoms with E-state index in [4.69, 9.17) is 9.84 Å². The van der Waals surface area contributed by atoms with E-state index in [1.54, 1.807) is 4.90 Å². The summed E-state index contributed by atoms with van der Waals surface area (Å²) < 4.78 is 28.2. The van der Waals surface area contributed by atoms with E-state index in [9.17, 15) is 13.2 Å². The first kappa shape index (κ1) is 12.8. The van der Waals surface area contributed by atoms with Gasteiger partial charge in [0.15, 0.2) is 9.84 Å². The summed E-state index contributed by atoms with van der Waals surface area (Å²) in [7, 11) is -3.03. The average molecular weight is 263 g/mol. The number of aliphatic hydroxyl groups is 1. The molecule has 0 spiro atoms. The zero-order valence-corrected chi connectivity index (χ0v) is 10.4. The second-order valence-electron chi connectivity index (χ2n) is 4.57. The van der Waals surface area contributed by atoms with Gasteiger partial charge in [0.2, 0.25) is 5.91 Å². The van der Waals surface area contributed by atoms with E-state index in [0.717, 1.165) is 0 Å². The highest BCUT2D eigenvalue weighted by Crippen LogP contribution is 2.20. The van der Waals surface area contributed by atoms with Crippen molar-refractivity contribution in [3.05, 3.63) is 0 Å². The molecule has 2 fully saturated rings. The van der Waals surface area contributed by atoms with Crippen LogP contribution in [0, 0.1) is 0 Å². The van der Waals surface area contributed by atoms with Crippen molar-refractivity contribution in [2.45, 2.75) is 25.0 Å². The largest absolute Gasteiger partial charge is 0.394 e. The fourth-order valence-corrected chi connectivity index (χ4v) is 4.06. The van der Waals surface area contributed by atoms with Crippen LogP contribution in [-0.4, -0.2) is 67.7 Å². The van der Waals surface area contributed by atoms with Gasteiger partial charge in [0.05, 0.1) is 24.2 Å². The first-order valence-electron chi connectivity index (χ1n) is 5.74. The van der Waals surface area contributed by atoms with Gasteiger partial charge in [0.1, 0.15) is 6.61 Å². The van der Waals surface area contributed by atoms with Crippen molar-refractivity contribution in [2.24, 2.45) is 0 Å². The molecule has 2 aliphatic rings. The first-order valence-corrected chi connectivity index (χ1v) is 7.56. The summed E-state index contributed by atoms with van der Waals surface area (Å²) in [5, 5.41) is 9.01. The third-order valence-corrected chi connectivity index (χ3v) is 5.05. The van der Waals surface area contributed by atoms with Crippen LogP contribution in [0.5, 0.6) is 0 Å². The zero-order valence-electron chi connectivity index (χ0n) is 9.54. The van der Waals surface area contributed by atoms with Crippen molar-refractivity contribution >= 4 is 15.7 Å². The molecular formula is C10H17NO5S. The van der Waals surface area contributed by atoms with Crippen LogP contribution >= 0.6 is 0 Å². The molecule has 1 amide bonds. The molecule has 0 bridgehead atoms. The SMILES string of the molecule is O=C1COC(CO)CN1C1CCCS(=O)(=O)C1. The summed E-state index contributed by atoms with van der Waals surface area (Å²) in [5.41, 5.74) is 0. The fraction of sp³-hybridized carbons (Fsp3) is 0.900. The number of sulfone groups is 1. The van der Waals surface area contributed by atoms with Gasteiger partial charge in [-0.05, 0) is 12.8 Å². The zero-order chi connectivity index (χ0) is 12.5. The number of carbonyl (C=O) groups is 1. The second kappa shape index (κ2) is 4.91. The van der Waals surface area contributed by atoms with Crippen molar-refractivity contribution in [2.75, 3.05) is 31.3 Å². The number of aliphatic hydroxyl groups excluding tert-OH is 1. The van der Waals surface area contributed by atoms with Crippen LogP contribution < -0.4 is 0 Å². The summed E-state index contributed by atoms with van der Waals surface area (Å²) in [5.74, 6) is 0.0688. The van der Waals surface area contributed by atoms with Crippen LogP contribution in [-0.2, 0) is 19.4 Å². The highest BCUT2D eigenvalue weighted by molar-refractivity contribution is 7.91. The number of morpholine rings is 1. The van der Waals surface area contributed by atoms with E-state index in [2.05, 4.69) is 0 Å². The highest BCUT2D eigenvalue weighted by Gasteiger charge is 2.35.